The van der Waals surface area contributed by atoms with Crippen LogP contribution in [-0.4, -0.2) is 32.6 Å². The maximum Gasteiger partial charge on any atom is 0.289 e. The molecule has 0 unspecified atom stereocenters. The second-order valence-electron chi connectivity index (χ2n) is 4.80. The lowest BCUT2D eigenvalue weighted by atomic mass is 10.2. The second kappa shape index (κ2) is 6.71. The number of nitrogens with zero attached hydrogens (tertiary/aromatic N) is 1. The summed E-state index contributed by atoms with van der Waals surface area (Å²) in [4.78, 5) is 11.9. The van der Waals surface area contributed by atoms with Gasteiger partial charge in [-0.15, -0.1) is 0 Å². The van der Waals surface area contributed by atoms with Crippen molar-refractivity contribution in [3.8, 4) is 0 Å². The van der Waals surface area contributed by atoms with Crippen LogP contribution in [0.25, 0.3) is 0 Å². The molecule has 1 amide bonds. The molecule has 0 saturated heterocycles. The van der Waals surface area contributed by atoms with Crippen molar-refractivity contribution in [1.29, 1.82) is 0 Å². The van der Waals surface area contributed by atoms with E-state index in [1.807, 2.05) is 6.92 Å². The quantitative estimate of drug-likeness (QED) is 0.772. The summed E-state index contributed by atoms with van der Waals surface area (Å²) in [5, 5.41) is 6.15. The Kier molecular flexibility index (Phi) is 4.94. The zero-order chi connectivity index (χ0) is 16.2. The SMILES string of the molecule is Cc1ccc(S(=O)(=O)NCCNC(=O)c2cc(C)no2)cc1. The van der Waals surface area contributed by atoms with Gasteiger partial charge in [-0.1, -0.05) is 22.9 Å². The molecule has 0 spiro atoms. The largest absolute Gasteiger partial charge is 0.351 e. The van der Waals surface area contributed by atoms with Crippen molar-refractivity contribution in [3.05, 3.63) is 47.3 Å². The van der Waals surface area contributed by atoms with Gasteiger partial charge in [0.05, 0.1) is 10.6 Å². The van der Waals surface area contributed by atoms with Gasteiger partial charge in [0, 0.05) is 19.2 Å². The Morgan fingerprint density at radius 2 is 1.86 bits per heavy atom. The van der Waals surface area contributed by atoms with Gasteiger partial charge in [0.15, 0.2) is 0 Å². The first-order valence-corrected chi connectivity index (χ1v) is 8.14. The summed E-state index contributed by atoms with van der Waals surface area (Å²) >= 11 is 0. The predicted octanol–water partition coefficient (Wildman–Crippen LogP) is 1.000. The molecule has 0 aliphatic carbocycles. The van der Waals surface area contributed by atoms with Crippen molar-refractivity contribution in [2.45, 2.75) is 18.7 Å². The summed E-state index contributed by atoms with van der Waals surface area (Å²) in [6.45, 7) is 3.80. The smallest absolute Gasteiger partial charge is 0.289 e. The Bertz CT molecular complexity index is 751. The molecule has 0 saturated carbocycles. The molecule has 7 nitrogen and oxygen atoms in total. The highest BCUT2D eigenvalue weighted by molar-refractivity contribution is 7.89. The van der Waals surface area contributed by atoms with Crippen molar-refractivity contribution >= 4 is 15.9 Å². The average Bonchev–Trinajstić information content (AvgIpc) is 2.90. The van der Waals surface area contributed by atoms with Crippen LogP contribution in [0.4, 0.5) is 0 Å². The predicted molar refractivity (Wildman–Crippen MR) is 79.9 cm³/mol. The lowest BCUT2D eigenvalue weighted by molar-refractivity contribution is 0.0917. The molecule has 0 aliphatic rings. The summed E-state index contributed by atoms with van der Waals surface area (Å²) in [6.07, 6.45) is 0. The summed E-state index contributed by atoms with van der Waals surface area (Å²) in [7, 11) is -3.57. The van der Waals surface area contributed by atoms with E-state index in [1.165, 1.54) is 18.2 Å². The van der Waals surface area contributed by atoms with Gasteiger partial charge in [0.2, 0.25) is 15.8 Å². The van der Waals surface area contributed by atoms with Gasteiger partial charge in [0.25, 0.3) is 5.91 Å². The Hall–Kier alpha value is -2.19. The number of amides is 1. The minimum Gasteiger partial charge on any atom is -0.351 e. The van der Waals surface area contributed by atoms with E-state index in [2.05, 4.69) is 15.2 Å². The van der Waals surface area contributed by atoms with Gasteiger partial charge in [-0.05, 0) is 26.0 Å². The van der Waals surface area contributed by atoms with Crippen LogP contribution >= 0.6 is 0 Å². The minimum absolute atomic E-state index is 0.0784. The van der Waals surface area contributed by atoms with E-state index in [-0.39, 0.29) is 23.7 Å². The topological polar surface area (TPSA) is 101 Å². The van der Waals surface area contributed by atoms with Crippen LogP contribution in [0, 0.1) is 13.8 Å². The third-order valence-corrected chi connectivity index (χ3v) is 4.36. The third kappa shape index (κ3) is 4.15. The van der Waals surface area contributed by atoms with Crippen LogP contribution in [0.1, 0.15) is 21.8 Å². The third-order valence-electron chi connectivity index (χ3n) is 2.89. The van der Waals surface area contributed by atoms with Crippen molar-refractivity contribution < 1.29 is 17.7 Å². The molecular formula is C14H17N3O4S. The van der Waals surface area contributed by atoms with Crippen LogP contribution < -0.4 is 10.0 Å². The van der Waals surface area contributed by atoms with E-state index >= 15 is 0 Å². The molecule has 0 radical (unpaired) electrons. The number of carbonyl (C=O) groups is 1. The second-order valence-corrected chi connectivity index (χ2v) is 6.57. The number of hydrogen-bond acceptors (Lipinski definition) is 5. The van der Waals surface area contributed by atoms with Gasteiger partial charge >= 0.3 is 0 Å². The maximum absolute atomic E-state index is 12.0. The molecular weight excluding hydrogens is 306 g/mol. The van der Waals surface area contributed by atoms with Gasteiger partial charge in [0.1, 0.15) is 0 Å². The molecule has 0 fully saturated rings. The lowest BCUT2D eigenvalue weighted by Crippen LogP contribution is -2.34. The number of carbonyl (C=O) groups excluding carboxylic acids is 1. The molecule has 1 aromatic heterocycles. The van der Waals surface area contributed by atoms with E-state index in [0.29, 0.717) is 5.69 Å². The number of nitrogens with one attached hydrogen (secondary N) is 2. The van der Waals surface area contributed by atoms with Gasteiger partial charge in [-0.3, -0.25) is 4.79 Å². The summed E-state index contributed by atoms with van der Waals surface area (Å²) in [5.41, 5.74) is 1.58. The molecule has 1 heterocycles. The molecule has 118 valence electrons. The van der Waals surface area contributed by atoms with Gasteiger partial charge in [-0.25, -0.2) is 13.1 Å². The number of aryl methyl sites for hydroxylation is 2. The van der Waals surface area contributed by atoms with Crippen molar-refractivity contribution in [1.82, 2.24) is 15.2 Å². The zero-order valence-electron chi connectivity index (χ0n) is 12.3. The Balaban J connectivity index is 1.83. The van der Waals surface area contributed by atoms with E-state index in [0.717, 1.165) is 5.56 Å². The fourth-order valence-corrected chi connectivity index (χ4v) is 2.75. The molecule has 8 heteroatoms. The van der Waals surface area contributed by atoms with Crippen LogP contribution in [0.2, 0.25) is 0 Å². The summed E-state index contributed by atoms with van der Waals surface area (Å²) in [5.74, 6) is -0.339. The van der Waals surface area contributed by atoms with Gasteiger partial charge in [-0.2, -0.15) is 0 Å². The van der Waals surface area contributed by atoms with Crippen molar-refractivity contribution in [3.63, 3.8) is 0 Å². The Morgan fingerprint density at radius 3 is 2.45 bits per heavy atom. The highest BCUT2D eigenvalue weighted by atomic mass is 32.2. The first-order valence-electron chi connectivity index (χ1n) is 6.66. The number of hydrogen-bond donors (Lipinski definition) is 2. The molecule has 0 bridgehead atoms. The minimum atomic E-state index is -3.57. The molecule has 0 atom stereocenters. The average molecular weight is 323 g/mol. The molecule has 2 rings (SSSR count). The molecule has 2 N–H and O–H groups in total. The van der Waals surface area contributed by atoms with Crippen LogP contribution in [0.3, 0.4) is 0 Å². The number of aromatic nitrogens is 1. The zero-order valence-corrected chi connectivity index (χ0v) is 13.1. The van der Waals surface area contributed by atoms with Crippen LogP contribution in [0.5, 0.6) is 0 Å². The van der Waals surface area contributed by atoms with E-state index in [9.17, 15) is 13.2 Å². The standard InChI is InChI=1S/C14H17N3O4S/c1-10-3-5-12(6-4-10)22(19,20)16-8-7-15-14(18)13-9-11(2)17-21-13/h3-6,9,16H,7-8H2,1-2H3,(H,15,18). The van der Waals surface area contributed by atoms with Crippen molar-refractivity contribution in [2.75, 3.05) is 13.1 Å². The highest BCUT2D eigenvalue weighted by Crippen LogP contribution is 2.09. The number of sulfonamides is 1. The summed E-state index contributed by atoms with van der Waals surface area (Å²) in [6, 6.07) is 8.03. The fourth-order valence-electron chi connectivity index (χ4n) is 1.72. The Labute approximate surface area is 128 Å². The normalized spacial score (nSPS) is 11.4. The molecule has 22 heavy (non-hydrogen) atoms. The van der Waals surface area contributed by atoms with E-state index < -0.39 is 15.9 Å². The van der Waals surface area contributed by atoms with Crippen LogP contribution in [-0.2, 0) is 10.0 Å². The fraction of sp³-hybridized carbons (Fsp3) is 0.286. The molecule has 0 aliphatic heterocycles. The first kappa shape index (κ1) is 16.2. The first-order chi connectivity index (χ1) is 10.4. The van der Waals surface area contributed by atoms with Gasteiger partial charge < -0.3 is 9.84 Å². The monoisotopic (exact) mass is 323 g/mol. The van der Waals surface area contributed by atoms with E-state index in [1.54, 1.807) is 19.1 Å². The number of benzene rings is 1. The highest BCUT2D eigenvalue weighted by Gasteiger charge is 2.14. The van der Waals surface area contributed by atoms with E-state index in [4.69, 9.17) is 4.52 Å². The van der Waals surface area contributed by atoms with Crippen molar-refractivity contribution in [2.24, 2.45) is 0 Å². The number of rotatable bonds is 6. The molecule has 2 aromatic rings. The summed E-state index contributed by atoms with van der Waals surface area (Å²) < 4.78 is 31.2. The Morgan fingerprint density at radius 1 is 1.18 bits per heavy atom. The lowest BCUT2D eigenvalue weighted by Gasteiger charge is -2.07. The van der Waals surface area contributed by atoms with Crippen LogP contribution in [0.15, 0.2) is 39.8 Å². The molecule has 1 aromatic carbocycles. The maximum atomic E-state index is 12.0.